The molecule has 0 aromatic carbocycles. The molecule has 5 nitrogen and oxygen atoms in total. The molecule has 1 saturated heterocycles. The summed E-state index contributed by atoms with van der Waals surface area (Å²) in [6.45, 7) is 5.49. The highest BCUT2D eigenvalue weighted by molar-refractivity contribution is 5.96. The molecule has 0 radical (unpaired) electrons. The minimum atomic E-state index is -1.00. The lowest BCUT2D eigenvalue weighted by molar-refractivity contribution is -0.334. The SMILES string of the molecule is C[C@@H]1C(=O)O[C@H]2[C@H]1CC[C@@]1(C)C(=O)C=C[C@](C)(OO)[C@H]21. The van der Waals surface area contributed by atoms with E-state index in [4.69, 9.17) is 9.62 Å². The van der Waals surface area contributed by atoms with Crippen LogP contribution in [0.25, 0.3) is 0 Å². The van der Waals surface area contributed by atoms with Crippen molar-refractivity contribution in [3.8, 4) is 0 Å². The van der Waals surface area contributed by atoms with Crippen LogP contribution >= 0.6 is 0 Å². The molecule has 2 fully saturated rings. The third kappa shape index (κ3) is 1.56. The summed E-state index contributed by atoms with van der Waals surface area (Å²) in [6.07, 6.45) is 4.16. The van der Waals surface area contributed by atoms with Crippen molar-refractivity contribution < 1.29 is 24.5 Å². The fourth-order valence-electron chi connectivity index (χ4n) is 4.36. The molecule has 20 heavy (non-hydrogen) atoms. The number of esters is 1. The molecular formula is C15H20O5. The highest BCUT2D eigenvalue weighted by atomic mass is 17.1. The minimum absolute atomic E-state index is 0.0195. The Morgan fingerprint density at radius 3 is 2.75 bits per heavy atom. The van der Waals surface area contributed by atoms with Crippen LogP contribution in [-0.4, -0.2) is 28.7 Å². The van der Waals surface area contributed by atoms with E-state index in [1.165, 1.54) is 6.08 Å². The van der Waals surface area contributed by atoms with Gasteiger partial charge in [0.1, 0.15) is 11.7 Å². The predicted molar refractivity (Wildman–Crippen MR) is 69.6 cm³/mol. The van der Waals surface area contributed by atoms with Crippen molar-refractivity contribution >= 4 is 11.8 Å². The van der Waals surface area contributed by atoms with Crippen molar-refractivity contribution in [1.82, 2.24) is 0 Å². The molecule has 1 aliphatic heterocycles. The Kier molecular flexibility index (Phi) is 2.86. The molecule has 0 aromatic heterocycles. The standard InChI is InChI=1S/C15H20O5/c1-8-9-4-6-14(2)10(16)5-7-15(3,20-18)12(14)11(9)19-13(8)17/h5,7-9,11-12,18H,4,6H2,1-3H3/t8-,9-,11-,12+,14-,15-/m0/s1. The molecule has 1 heterocycles. The number of ketones is 1. The first-order valence-electron chi connectivity index (χ1n) is 7.10. The van der Waals surface area contributed by atoms with Crippen molar-refractivity contribution in [1.29, 1.82) is 0 Å². The number of ether oxygens (including phenoxy) is 1. The van der Waals surface area contributed by atoms with Gasteiger partial charge < -0.3 is 4.74 Å². The fraction of sp³-hybridized carbons (Fsp3) is 0.733. The van der Waals surface area contributed by atoms with Gasteiger partial charge >= 0.3 is 5.97 Å². The van der Waals surface area contributed by atoms with Gasteiger partial charge in [-0.05, 0) is 31.9 Å². The van der Waals surface area contributed by atoms with Gasteiger partial charge in [-0.3, -0.25) is 14.8 Å². The summed E-state index contributed by atoms with van der Waals surface area (Å²) < 4.78 is 5.54. The number of hydrogen-bond acceptors (Lipinski definition) is 5. The van der Waals surface area contributed by atoms with Gasteiger partial charge in [0, 0.05) is 17.3 Å². The van der Waals surface area contributed by atoms with E-state index in [2.05, 4.69) is 0 Å². The second-order valence-corrected chi connectivity index (χ2v) is 6.76. The number of fused-ring (bicyclic) bond motifs is 3. The summed E-state index contributed by atoms with van der Waals surface area (Å²) >= 11 is 0. The Hall–Kier alpha value is -1.20. The first-order valence-corrected chi connectivity index (χ1v) is 7.10. The van der Waals surface area contributed by atoms with E-state index in [0.29, 0.717) is 6.42 Å². The maximum atomic E-state index is 12.3. The predicted octanol–water partition coefficient (Wildman–Crippen LogP) is 1.97. The molecule has 0 amide bonds. The average Bonchev–Trinajstić information content (AvgIpc) is 2.70. The number of allylic oxidation sites excluding steroid dienone is 1. The highest BCUT2D eigenvalue weighted by Crippen LogP contribution is 2.56. The monoisotopic (exact) mass is 280 g/mol. The molecule has 3 rings (SSSR count). The third-order valence-electron chi connectivity index (χ3n) is 5.64. The lowest BCUT2D eigenvalue weighted by Gasteiger charge is -2.52. The van der Waals surface area contributed by atoms with Crippen molar-refractivity contribution in [2.75, 3.05) is 0 Å². The second kappa shape index (κ2) is 4.15. The molecule has 1 saturated carbocycles. The third-order valence-corrected chi connectivity index (χ3v) is 5.64. The van der Waals surface area contributed by atoms with Crippen LogP contribution in [0.4, 0.5) is 0 Å². The van der Waals surface area contributed by atoms with Gasteiger partial charge in [0.15, 0.2) is 5.78 Å². The second-order valence-electron chi connectivity index (χ2n) is 6.76. The summed E-state index contributed by atoms with van der Waals surface area (Å²) in [5.41, 5.74) is -1.66. The van der Waals surface area contributed by atoms with Crippen molar-refractivity contribution in [3.63, 3.8) is 0 Å². The zero-order valence-corrected chi connectivity index (χ0v) is 12.0. The lowest BCUT2D eigenvalue weighted by atomic mass is 9.53. The summed E-state index contributed by atoms with van der Waals surface area (Å²) in [4.78, 5) is 28.9. The summed E-state index contributed by atoms with van der Waals surface area (Å²) in [5, 5.41) is 9.34. The molecule has 1 N–H and O–H groups in total. The molecule has 5 heteroatoms. The van der Waals surface area contributed by atoms with Crippen LogP contribution < -0.4 is 0 Å². The molecular weight excluding hydrogens is 260 g/mol. The van der Waals surface area contributed by atoms with E-state index in [-0.39, 0.29) is 35.6 Å². The van der Waals surface area contributed by atoms with Crippen LogP contribution in [-0.2, 0) is 19.2 Å². The Balaban J connectivity index is 2.09. The molecule has 0 spiro atoms. The topological polar surface area (TPSA) is 72.8 Å². The van der Waals surface area contributed by atoms with Crippen LogP contribution in [0, 0.1) is 23.2 Å². The van der Waals surface area contributed by atoms with Gasteiger partial charge in [-0.2, -0.15) is 0 Å². The molecule has 0 aromatic rings. The molecule has 3 aliphatic rings. The Morgan fingerprint density at radius 1 is 1.40 bits per heavy atom. The Labute approximate surface area is 117 Å². The molecule has 110 valence electrons. The van der Waals surface area contributed by atoms with Gasteiger partial charge in [-0.15, -0.1) is 0 Å². The van der Waals surface area contributed by atoms with Gasteiger partial charge in [-0.1, -0.05) is 13.8 Å². The van der Waals surface area contributed by atoms with E-state index in [9.17, 15) is 14.8 Å². The number of carbonyl (C=O) groups is 2. The lowest BCUT2D eigenvalue weighted by Crippen LogP contribution is -2.60. The Bertz CT molecular complexity index is 498. The first kappa shape index (κ1) is 13.8. The van der Waals surface area contributed by atoms with Crippen LogP contribution in [0.3, 0.4) is 0 Å². The van der Waals surface area contributed by atoms with Gasteiger partial charge in [-0.25, -0.2) is 4.89 Å². The van der Waals surface area contributed by atoms with Gasteiger partial charge in [0.2, 0.25) is 0 Å². The van der Waals surface area contributed by atoms with Gasteiger partial charge in [0.05, 0.1) is 5.92 Å². The maximum Gasteiger partial charge on any atom is 0.309 e. The smallest absolute Gasteiger partial charge is 0.309 e. The van der Waals surface area contributed by atoms with Crippen molar-refractivity contribution in [2.45, 2.75) is 45.3 Å². The maximum absolute atomic E-state index is 12.3. The quantitative estimate of drug-likeness (QED) is 0.451. The normalized spacial score (nSPS) is 50.6. The number of rotatable bonds is 1. The van der Waals surface area contributed by atoms with E-state index in [1.807, 2.05) is 13.8 Å². The Morgan fingerprint density at radius 2 is 2.10 bits per heavy atom. The van der Waals surface area contributed by atoms with E-state index >= 15 is 0 Å². The average molecular weight is 280 g/mol. The van der Waals surface area contributed by atoms with Crippen molar-refractivity contribution in [3.05, 3.63) is 12.2 Å². The van der Waals surface area contributed by atoms with Crippen LogP contribution in [0.15, 0.2) is 12.2 Å². The summed E-state index contributed by atoms with van der Waals surface area (Å²) in [6, 6.07) is 0. The van der Waals surface area contributed by atoms with E-state index in [0.717, 1.165) is 6.42 Å². The van der Waals surface area contributed by atoms with Gasteiger partial charge in [0.25, 0.3) is 0 Å². The van der Waals surface area contributed by atoms with Crippen molar-refractivity contribution in [2.24, 2.45) is 23.2 Å². The molecule has 6 atom stereocenters. The van der Waals surface area contributed by atoms with Crippen LogP contribution in [0.1, 0.15) is 33.6 Å². The minimum Gasteiger partial charge on any atom is -0.461 e. The zero-order chi connectivity index (χ0) is 14.7. The molecule has 0 unspecified atom stereocenters. The highest BCUT2D eigenvalue weighted by Gasteiger charge is 2.63. The summed E-state index contributed by atoms with van der Waals surface area (Å²) in [7, 11) is 0. The number of carbonyl (C=O) groups excluding carboxylic acids is 2. The fourth-order valence-corrected chi connectivity index (χ4v) is 4.36. The van der Waals surface area contributed by atoms with Crippen LogP contribution in [0.5, 0.6) is 0 Å². The number of hydrogen-bond donors (Lipinski definition) is 1. The molecule has 2 aliphatic carbocycles. The largest absolute Gasteiger partial charge is 0.461 e. The first-order chi connectivity index (χ1) is 9.33. The summed E-state index contributed by atoms with van der Waals surface area (Å²) in [5.74, 6) is -0.620. The zero-order valence-electron chi connectivity index (χ0n) is 12.0. The molecule has 0 bridgehead atoms. The van der Waals surface area contributed by atoms with E-state index in [1.54, 1.807) is 13.0 Å². The van der Waals surface area contributed by atoms with Crippen LogP contribution in [0.2, 0.25) is 0 Å². The van der Waals surface area contributed by atoms with E-state index < -0.39 is 11.0 Å².